The summed E-state index contributed by atoms with van der Waals surface area (Å²) >= 11 is 11.0. The maximum Gasteiger partial charge on any atom is 0.417 e. The molecular formula is C18H12ClF3N4O2S. The van der Waals surface area contributed by atoms with E-state index < -0.39 is 23.6 Å². The Morgan fingerprint density at radius 2 is 2.07 bits per heavy atom. The van der Waals surface area contributed by atoms with Gasteiger partial charge in [-0.25, -0.2) is 4.98 Å². The lowest BCUT2D eigenvalue weighted by atomic mass is 10.1. The molecule has 29 heavy (non-hydrogen) atoms. The zero-order valence-electron chi connectivity index (χ0n) is 14.5. The van der Waals surface area contributed by atoms with Gasteiger partial charge >= 0.3 is 6.18 Å². The summed E-state index contributed by atoms with van der Waals surface area (Å²) in [6.45, 7) is 3.64. The van der Waals surface area contributed by atoms with Gasteiger partial charge in [0.15, 0.2) is 10.9 Å². The van der Waals surface area contributed by atoms with Gasteiger partial charge in [0.25, 0.3) is 11.8 Å². The fourth-order valence-corrected chi connectivity index (χ4v) is 3.11. The average molecular weight is 441 g/mol. The molecule has 2 aromatic heterocycles. The van der Waals surface area contributed by atoms with Crippen molar-refractivity contribution in [2.75, 3.05) is 6.54 Å². The zero-order valence-corrected chi connectivity index (χ0v) is 16.1. The summed E-state index contributed by atoms with van der Waals surface area (Å²) in [4.78, 5) is 29.8. The number of hydrogen-bond donors (Lipinski definition) is 1. The molecule has 150 valence electrons. The van der Waals surface area contributed by atoms with Crippen LogP contribution in [0.5, 0.6) is 0 Å². The summed E-state index contributed by atoms with van der Waals surface area (Å²) in [5.74, 6) is -1.31. The number of hydrogen-bond acceptors (Lipinski definition) is 4. The van der Waals surface area contributed by atoms with E-state index >= 15 is 0 Å². The van der Waals surface area contributed by atoms with Gasteiger partial charge in [-0.3, -0.25) is 19.8 Å². The fourth-order valence-electron chi connectivity index (χ4n) is 2.60. The van der Waals surface area contributed by atoms with E-state index in [1.807, 2.05) is 0 Å². The molecule has 3 heterocycles. The van der Waals surface area contributed by atoms with Crippen molar-refractivity contribution in [1.82, 2.24) is 19.8 Å². The minimum Gasteiger partial charge on any atom is -0.301 e. The molecule has 2 aromatic rings. The van der Waals surface area contributed by atoms with E-state index in [2.05, 4.69) is 16.9 Å². The maximum atomic E-state index is 12.8. The van der Waals surface area contributed by atoms with Crippen LogP contribution in [-0.2, 0) is 15.8 Å². The van der Waals surface area contributed by atoms with Gasteiger partial charge in [0.1, 0.15) is 5.57 Å². The Morgan fingerprint density at radius 1 is 1.34 bits per heavy atom. The highest BCUT2D eigenvalue weighted by Gasteiger charge is 2.33. The van der Waals surface area contributed by atoms with E-state index in [0.717, 1.165) is 11.0 Å². The van der Waals surface area contributed by atoms with Crippen LogP contribution in [0.3, 0.4) is 0 Å². The van der Waals surface area contributed by atoms with Gasteiger partial charge in [-0.2, -0.15) is 13.2 Å². The number of aromatic nitrogens is 2. The minimum atomic E-state index is -4.59. The van der Waals surface area contributed by atoms with Gasteiger partial charge in [0, 0.05) is 24.6 Å². The van der Waals surface area contributed by atoms with Crippen LogP contribution in [0.1, 0.15) is 11.3 Å². The number of nitrogens with one attached hydrogen (secondary N) is 1. The SMILES string of the molecule is C=CCN1C(=O)/C(=C/c2cccn2-c2ncc(C(F)(F)F)cc2Cl)C(=O)NC1=S. The molecule has 0 aliphatic carbocycles. The van der Waals surface area contributed by atoms with Crippen LogP contribution in [0.15, 0.2) is 48.8 Å². The topological polar surface area (TPSA) is 67.2 Å². The second kappa shape index (κ2) is 7.80. The summed E-state index contributed by atoms with van der Waals surface area (Å²) < 4.78 is 39.8. The number of halogens is 4. The largest absolute Gasteiger partial charge is 0.417 e. The first-order chi connectivity index (χ1) is 13.6. The molecule has 0 atom stereocenters. The number of carbonyl (C=O) groups is 2. The molecule has 1 aliphatic rings. The second-order valence-electron chi connectivity index (χ2n) is 5.85. The van der Waals surface area contributed by atoms with E-state index in [1.54, 1.807) is 12.1 Å². The molecule has 6 nitrogen and oxygen atoms in total. The van der Waals surface area contributed by atoms with Gasteiger partial charge in [-0.1, -0.05) is 17.7 Å². The van der Waals surface area contributed by atoms with Crippen LogP contribution in [-0.4, -0.2) is 37.9 Å². The molecule has 2 amide bonds. The Kier molecular flexibility index (Phi) is 5.58. The van der Waals surface area contributed by atoms with E-state index in [-0.39, 0.29) is 28.1 Å². The number of alkyl halides is 3. The van der Waals surface area contributed by atoms with E-state index in [9.17, 15) is 22.8 Å². The van der Waals surface area contributed by atoms with Gasteiger partial charge < -0.3 is 4.57 Å². The van der Waals surface area contributed by atoms with Crippen molar-refractivity contribution in [3.8, 4) is 5.82 Å². The maximum absolute atomic E-state index is 12.8. The van der Waals surface area contributed by atoms with Gasteiger partial charge in [-0.15, -0.1) is 6.58 Å². The van der Waals surface area contributed by atoms with Crippen LogP contribution >= 0.6 is 23.8 Å². The van der Waals surface area contributed by atoms with Crippen LogP contribution < -0.4 is 5.32 Å². The van der Waals surface area contributed by atoms with Crippen molar-refractivity contribution in [3.05, 3.63) is 65.1 Å². The van der Waals surface area contributed by atoms with E-state index in [1.165, 1.54) is 22.9 Å². The van der Waals surface area contributed by atoms with Crippen LogP contribution in [0.4, 0.5) is 13.2 Å². The number of thiocarbonyl (C=S) groups is 1. The zero-order chi connectivity index (χ0) is 21.3. The van der Waals surface area contributed by atoms with Crippen molar-refractivity contribution in [2.24, 2.45) is 0 Å². The summed E-state index contributed by atoms with van der Waals surface area (Å²) in [5, 5.41) is 2.12. The molecule has 0 aromatic carbocycles. The molecule has 0 spiro atoms. The number of nitrogens with zero attached hydrogens (tertiary/aromatic N) is 3. The Hall–Kier alpha value is -2.98. The normalized spacial score (nSPS) is 16.3. The van der Waals surface area contributed by atoms with Gasteiger partial charge in [0.2, 0.25) is 0 Å². The highest BCUT2D eigenvalue weighted by atomic mass is 35.5. The van der Waals surface area contributed by atoms with Crippen LogP contribution in [0.25, 0.3) is 11.9 Å². The average Bonchev–Trinajstić information content (AvgIpc) is 3.09. The number of amides is 2. The highest BCUT2D eigenvalue weighted by molar-refractivity contribution is 7.80. The van der Waals surface area contributed by atoms with Crippen molar-refractivity contribution in [2.45, 2.75) is 6.18 Å². The van der Waals surface area contributed by atoms with Gasteiger partial charge in [-0.05, 0) is 36.5 Å². The molecule has 0 unspecified atom stereocenters. The summed E-state index contributed by atoms with van der Waals surface area (Å²) in [6, 6.07) is 3.87. The van der Waals surface area contributed by atoms with E-state index in [0.29, 0.717) is 11.9 Å². The Morgan fingerprint density at radius 3 is 2.69 bits per heavy atom. The molecule has 11 heteroatoms. The van der Waals surface area contributed by atoms with Crippen molar-refractivity contribution in [3.63, 3.8) is 0 Å². The molecule has 1 N–H and O–H groups in total. The lowest BCUT2D eigenvalue weighted by Crippen LogP contribution is -2.53. The Bertz CT molecular complexity index is 1060. The summed E-state index contributed by atoms with van der Waals surface area (Å²) in [7, 11) is 0. The molecule has 0 radical (unpaired) electrons. The Balaban J connectivity index is 2.02. The van der Waals surface area contributed by atoms with Gasteiger partial charge in [0.05, 0.1) is 10.6 Å². The first-order valence-corrected chi connectivity index (χ1v) is 8.82. The third-order valence-electron chi connectivity index (χ3n) is 3.95. The first kappa shape index (κ1) is 20.7. The summed E-state index contributed by atoms with van der Waals surface area (Å²) in [5.41, 5.74) is -0.888. The van der Waals surface area contributed by atoms with Crippen molar-refractivity contribution in [1.29, 1.82) is 0 Å². The van der Waals surface area contributed by atoms with Crippen LogP contribution in [0, 0.1) is 0 Å². The number of pyridine rings is 1. The standard InChI is InChI=1S/C18H12ClF3N4O2S/c1-2-5-26-16(28)12(15(27)24-17(26)29)8-11-4-3-6-25(11)14-13(19)7-10(9-23-14)18(20,21)22/h2-4,6-9H,1,5H2,(H,24,27,29)/b12-8+. The third kappa shape index (κ3) is 4.08. The smallest absolute Gasteiger partial charge is 0.301 e. The molecule has 3 rings (SSSR count). The molecule has 0 bridgehead atoms. The highest BCUT2D eigenvalue weighted by Crippen LogP contribution is 2.32. The molecule has 1 fully saturated rings. The molecular weight excluding hydrogens is 429 g/mol. The molecule has 0 saturated carbocycles. The predicted molar refractivity (Wildman–Crippen MR) is 104 cm³/mol. The predicted octanol–water partition coefficient (Wildman–Crippen LogP) is 3.36. The van der Waals surface area contributed by atoms with Crippen LogP contribution in [0.2, 0.25) is 5.02 Å². The fraction of sp³-hybridized carbons (Fsp3) is 0.111. The quantitative estimate of drug-likeness (QED) is 0.343. The third-order valence-corrected chi connectivity index (χ3v) is 4.55. The number of carbonyl (C=O) groups excluding carboxylic acids is 2. The molecule has 1 saturated heterocycles. The lowest BCUT2D eigenvalue weighted by molar-refractivity contribution is -0.138. The molecule has 1 aliphatic heterocycles. The second-order valence-corrected chi connectivity index (χ2v) is 6.65. The minimum absolute atomic E-state index is 0.0126. The van der Waals surface area contributed by atoms with E-state index in [4.69, 9.17) is 23.8 Å². The van der Waals surface area contributed by atoms with Crippen molar-refractivity contribution >= 4 is 46.8 Å². The number of rotatable bonds is 4. The van der Waals surface area contributed by atoms with Crippen molar-refractivity contribution < 1.29 is 22.8 Å². The monoisotopic (exact) mass is 440 g/mol. The Labute approximate surface area is 173 Å². The summed E-state index contributed by atoms with van der Waals surface area (Å²) in [6.07, 6.45) is 0.293. The first-order valence-electron chi connectivity index (χ1n) is 8.03. The lowest BCUT2D eigenvalue weighted by Gasteiger charge is -2.27.